The number of para-hydroxylation sites is 1. The lowest BCUT2D eigenvalue weighted by Crippen LogP contribution is -2.33. The van der Waals surface area contributed by atoms with Gasteiger partial charge in [0.05, 0.1) is 5.69 Å². The first-order valence-electron chi connectivity index (χ1n) is 7.60. The summed E-state index contributed by atoms with van der Waals surface area (Å²) in [6.45, 7) is 0. The molecule has 0 radical (unpaired) electrons. The second-order valence-corrected chi connectivity index (χ2v) is 5.48. The van der Waals surface area contributed by atoms with Crippen LogP contribution in [-0.2, 0) is 0 Å². The molecule has 0 saturated carbocycles. The Balaban J connectivity index is 1.81. The monoisotopic (exact) mass is 319 g/mol. The minimum Gasteiger partial charge on any atom is -0.359 e. The fourth-order valence-corrected chi connectivity index (χ4v) is 2.92. The lowest BCUT2D eigenvalue weighted by molar-refractivity contribution is 0.0992. The molecular weight excluding hydrogens is 305 g/mol. The summed E-state index contributed by atoms with van der Waals surface area (Å²) < 4.78 is 14.1. The Kier molecular flexibility index (Phi) is 3.46. The number of pyridine rings is 1. The van der Waals surface area contributed by atoms with Crippen LogP contribution in [0.3, 0.4) is 0 Å². The molecule has 1 unspecified atom stereocenters. The highest BCUT2D eigenvalue weighted by molar-refractivity contribution is 6.10. The predicted molar refractivity (Wildman–Crippen MR) is 90.3 cm³/mol. The van der Waals surface area contributed by atoms with E-state index in [4.69, 9.17) is 0 Å². The third kappa shape index (κ3) is 2.31. The van der Waals surface area contributed by atoms with Gasteiger partial charge in [-0.1, -0.05) is 36.4 Å². The summed E-state index contributed by atoms with van der Waals surface area (Å²) in [6.07, 6.45) is 1.12. The molecule has 2 heterocycles. The van der Waals surface area contributed by atoms with Gasteiger partial charge in [-0.05, 0) is 30.3 Å². The van der Waals surface area contributed by atoms with E-state index in [1.54, 1.807) is 47.5 Å². The number of fused-ring (bicyclic) bond motifs is 1. The first kappa shape index (κ1) is 14.4. The van der Waals surface area contributed by atoms with E-state index in [-0.39, 0.29) is 11.7 Å². The summed E-state index contributed by atoms with van der Waals surface area (Å²) in [4.78, 5) is 18.7. The first-order valence-corrected chi connectivity index (χ1v) is 7.60. The number of anilines is 2. The summed E-state index contributed by atoms with van der Waals surface area (Å²) in [7, 11) is 0. The molecule has 0 saturated heterocycles. The number of hydrogen-bond acceptors (Lipinski definition) is 3. The van der Waals surface area contributed by atoms with Crippen LogP contribution in [0.5, 0.6) is 0 Å². The smallest absolute Gasteiger partial charge is 0.261 e. The number of aromatic nitrogens is 1. The molecule has 2 aromatic carbocycles. The molecule has 0 spiro atoms. The Morgan fingerprint density at radius 3 is 2.50 bits per heavy atom. The molecule has 1 atom stereocenters. The fourth-order valence-electron chi connectivity index (χ4n) is 2.92. The Morgan fingerprint density at radius 1 is 0.958 bits per heavy atom. The molecule has 118 valence electrons. The molecule has 0 fully saturated rings. The number of halogens is 1. The Morgan fingerprint density at radius 2 is 1.71 bits per heavy atom. The number of carbonyl (C=O) groups is 1. The molecule has 4 rings (SSSR count). The average molecular weight is 319 g/mol. The standard InChI is InChI=1S/C19H14FN3O/c20-15-9-3-4-10-16(15)22-18-13-7-1-2-8-14(13)19(24)23(18)17-11-5-6-12-21-17/h1-12,18,22H. The second-order valence-electron chi connectivity index (χ2n) is 5.48. The molecule has 1 aliphatic heterocycles. The molecule has 5 heteroatoms. The lowest BCUT2D eigenvalue weighted by atomic mass is 10.1. The van der Waals surface area contributed by atoms with E-state index in [1.807, 2.05) is 24.3 Å². The van der Waals surface area contributed by atoms with Gasteiger partial charge in [0, 0.05) is 17.3 Å². The van der Waals surface area contributed by atoms with E-state index in [2.05, 4.69) is 10.3 Å². The van der Waals surface area contributed by atoms with Crippen molar-refractivity contribution < 1.29 is 9.18 Å². The molecular formula is C19H14FN3O. The van der Waals surface area contributed by atoms with Crippen molar-refractivity contribution in [3.63, 3.8) is 0 Å². The Labute approximate surface area is 138 Å². The maximum Gasteiger partial charge on any atom is 0.261 e. The topological polar surface area (TPSA) is 45.2 Å². The molecule has 3 aromatic rings. The van der Waals surface area contributed by atoms with Crippen LogP contribution in [0.15, 0.2) is 72.9 Å². The second kappa shape index (κ2) is 5.77. The Bertz CT molecular complexity index is 898. The minimum atomic E-state index is -0.513. The van der Waals surface area contributed by atoms with E-state index < -0.39 is 6.17 Å². The van der Waals surface area contributed by atoms with Crippen molar-refractivity contribution >= 4 is 17.4 Å². The largest absolute Gasteiger partial charge is 0.359 e. The summed E-state index contributed by atoms with van der Waals surface area (Å²) in [5.41, 5.74) is 1.74. The quantitative estimate of drug-likeness (QED) is 0.794. The van der Waals surface area contributed by atoms with Crippen molar-refractivity contribution in [2.24, 2.45) is 0 Å². The molecule has 0 aliphatic carbocycles. The molecule has 1 N–H and O–H groups in total. The van der Waals surface area contributed by atoms with Gasteiger partial charge >= 0.3 is 0 Å². The SMILES string of the molecule is O=C1c2ccccc2C(Nc2ccccc2F)N1c1ccccn1. The third-order valence-electron chi connectivity index (χ3n) is 4.02. The number of nitrogens with one attached hydrogen (secondary N) is 1. The van der Waals surface area contributed by atoms with Gasteiger partial charge in [-0.25, -0.2) is 9.37 Å². The van der Waals surface area contributed by atoms with E-state index in [1.165, 1.54) is 6.07 Å². The number of rotatable bonds is 3. The van der Waals surface area contributed by atoms with Gasteiger partial charge in [-0.3, -0.25) is 9.69 Å². The van der Waals surface area contributed by atoms with Crippen LogP contribution in [-0.4, -0.2) is 10.9 Å². The van der Waals surface area contributed by atoms with E-state index in [9.17, 15) is 9.18 Å². The molecule has 1 aliphatic rings. The van der Waals surface area contributed by atoms with Gasteiger partial charge in [-0.15, -0.1) is 0 Å². The lowest BCUT2D eigenvalue weighted by Gasteiger charge is -2.26. The van der Waals surface area contributed by atoms with Crippen LogP contribution < -0.4 is 10.2 Å². The number of carbonyl (C=O) groups excluding carboxylic acids is 1. The fraction of sp³-hybridized carbons (Fsp3) is 0.0526. The highest BCUT2D eigenvalue weighted by Gasteiger charge is 2.38. The van der Waals surface area contributed by atoms with Crippen LogP contribution in [0.1, 0.15) is 22.1 Å². The Hall–Kier alpha value is -3.21. The summed E-state index contributed by atoms with van der Waals surface area (Å²) in [6, 6.07) is 19.1. The van der Waals surface area contributed by atoms with E-state index in [0.717, 1.165) is 5.56 Å². The summed E-state index contributed by atoms with van der Waals surface area (Å²) in [5, 5.41) is 3.13. The van der Waals surface area contributed by atoms with Crippen molar-refractivity contribution in [3.8, 4) is 0 Å². The molecule has 0 bridgehead atoms. The van der Waals surface area contributed by atoms with Crippen molar-refractivity contribution in [2.75, 3.05) is 10.2 Å². The van der Waals surface area contributed by atoms with Gasteiger partial charge in [0.15, 0.2) is 0 Å². The van der Waals surface area contributed by atoms with E-state index in [0.29, 0.717) is 17.1 Å². The van der Waals surface area contributed by atoms with E-state index >= 15 is 0 Å². The zero-order valence-electron chi connectivity index (χ0n) is 12.7. The molecule has 4 nitrogen and oxygen atoms in total. The van der Waals surface area contributed by atoms with Gasteiger partial charge in [0.2, 0.25) is 0 Å². The molecule has 1 amide bonds. The average Bonchev–Trinajstić information content (AvgIpc) is 2.90. The first-order chi connectivity index (χ1) is 11.8. The van der Waals surface area contributed by atoms with Crippen LogP contribution in [0.25, 0.3) is 0 Å². The van der Waals surface area contributed by atoms with Crippen LogP contribution in [0, 0.1) is 5.82 Å². The zero-order valence-corrected chi connectivity index (χ0v) is 12.7. The van der Waals surface area contributed by atoms with Crippen LogP contribution in [0.4, 0.5) is 15.9 Å². The highest BCUT2D eigenvalue weighted by atomic mass is 19.1. The van der Waals surface area contributed by atoms with Gasteiger partial charge in [0.25, 0.3) is 5.91 Å². The van der Waals surface area contributed by atoms with Crippen molar-refractivity contribution in [2.45, 2.75) is 6.17 Å². The number of amides is 1. The number of hydrogen-bond donors (Lipinski definition) is 1. The van der Waals surface area contributed by atoms with Gasteiger partial charge < -0.3 is 5.32 Å². The third-order valence-corrected chi connectivity index (χ3v) is 4.02. The van der Waals surface area contributed by atoms with Gasteiger partial charge in [0.1, 0.15) is 17.8 Å². The molecule has 1 aromatic heterocycles. The van der Waals surface area contributed by atoms with Crippen molar-refractivity contribution in [1.29, 1.82) is 0 Å². The van der Waals surface area contributed by atoms with Crippen molar-refractivity contribution in [1.82, 2.24) is 4.98 Å². The predicted octanol–water partition coefficient (Wildman–Crippen LogP) is 3.99. The molecule has 24 heavy (non-hydrogen) atoms. The van der Waals surface area contributed by atoms with Crippen LogP contribution >= 0.6 is 0 Å². The summed E-state index contributed by atoms with van der Waals surface area (Å²) in [5.74, 6) is 0.000907. The zero-order chi connectivity index (χ0) is 16.5. The van der Waals surface area contributed by atoms with Gasteiger partial charge in [-0.2, -0.15) is 0 Å². The number of benzene rings is 2. The number of nitrogens with zero attached hydrogens (tertiary/aromatic N) is 2. The summed E-state index contributed by atoms with van der Waals surface area (Å²) >= 11 is 0. The maximum atomic E-state index is 14.1. The van der Waals surface area contributed by atoms with Crippen molar-refractivity contribution in [3.05, 3.63) is 89.9 Å². The maximum absolute atomic E-state index is 14.1. The minimum absolute atomic E-state index is 0.155. The highest BCUT2D eigenvalue weighted by Crippen LogP contribution is 2.37. The normalized spacial score (nSPS) is 16.1. The van der Waals surface area contributed by atoms with Crippen LogP contribution in [0.2, 0.25) is 0 Å².